The molecule has 1 fully saturated rings. The molecular weight excluding hydrogens is 270 g/mol. The van der Waals surface area contributed by atoms with E-state index in [9.17, 15) is 0 Å². The molecule has 0 bridgehead atoms. The number of benzene rings is 1. The fourth-order valence-electron chi connectivity index (χ4n) is 4.26. The van der Waals surface area contributed by atoms with E-state index in [1.54, 1.807) is 5.56 Å². The van der Waals surface area contributed by atoms with Crippen LogP contribution in [0.25, 0.3) is 0 Å². The minimum atomic E-state index is 0.421. The third-order valence-corrected chi connectivity index (χ3v) is 5.58. The Morgan fingerprint density at radius 3 is 2.55 bits per heavy atom. The predicted molar refractivity (Wildman–Crippen MR) is 94.9 cm³/mol. The number of anilines is 1. The maximum absolute atomic E-state index is 2.67. The number of likely N-dealkylation sites (tertiary alicyclic amines) is 1. The summed E-state index contributed by atoms with van der Waals surface area (Å²) in [6, 6.07) is 9.11. The van der Waals surface area contributed by atoms with Crippen LogP contribution in [0.2, 0.25) is 0 Å². The van der Waals surface area contributed by atoms with Gasteiger partial charge < -0.3 is 14.7 Å². The normalized spacial score (nSPS) is 20.8. The first-order valence-electron chi connectivity index (χ1n) is 8.86. The van der Waals surface area contributed by atoms with Crippen LogP contribution in [0.4, 0.5) is 5.69 Å². The minimum absolute atomic E-state index is 0.421. The van der Waals surface area contributed by atoms with Crippen LogP contribution < -0.4 is 4.90 Å². The summed E-state index contributed by atoms with van der Waals surface area (Å²) in [7, 11) is 4.33. The van der Waals surface area contributed by atoms with Gasteiger partial charge in [-0.1, -0.05) is 18.2 Å². The lowest BCUT2D eigenvalue weighted by atomic mass is 9.74. The van der Waals surface area contributed by atoms with Gasteiger partial charge in [0.25, 0.3) is 0 Å². The highest BCUT2D eigenvalue weighted by Gasteiger charge is 2.43. The number of likely N-dealkylation sites (N-methyl/N-ethyl adjacent to an activating group) is 1. The summed E-state index contributed by atoms with van der Waals surface area (Å²) in [4.78, 5) is 7.54. The van der Waals surface area contributed by atoms with E-state index in [4.69, 9.17) is 0 Å². The maximum Gasteiger partial charge on any atom is 0.0405 e. The van der Waals surface area contributed by atoms with Crippen LogP contribution in [0.15, 0.2) is 24.3 Å². The molecule has 122 valence electrons. The van der Waals surface area contributed by atoms with E-state index < -0.39 is 0 Å². The van der Waals surface area contributed by atoms with Gasteiger partial charge in [0.05, 0.1) is 0 Å². The number of piperidine rings is 1. The molecule has 3 nitrogen and oxygen atoms in total. The van der Waals surface area contributed by atoms with Crippen LogP contribution in [0.3, 0.4) is 0 Å². The minimum Gasteiger partial charge on any atom is -0.371 e. The van der Waals surface area contributed by atoms with Gasteiger partial charge in [0.15, 0.2) is 0 Å². The molecule has 2 aliphatic rings. The van der Waals surface area contributed by atoms with Crippen LogP contribution in [0, 0.1) is 0 Å². The Hall–Kier alpha value is -1.06. The standard InChI is InChI=1S/C19H31N3/c1-4-22-16-19(17-8-5-6-9-18(17)22)10-14-21(15-11-19)13-7-12-20(2)3/h5-6,8-9H,4,7,10-16H2,1-3H3. The van der Waals surface area contributed by atoms with Crippen molar-refractivity contribution >= 4 is 5.69 Å². The Morgan fingerprint density at radius 1 is 1.14 bits per heavy atom. The number of rotatable bonds is 5. The SMILES string of the molecule is CCN1CC2(CCN(CCCN(C)C)CC2)c2ccccc21. The van der Waals surface area contributed by atoms with Gasteiger partial charge in [-0.15, -0.1) is 0 Å². The molecule has 0 aromatic heterocycles. The molecule has 1 aromatic rings. The zero-order valence-electron chi connectivity index (χ0n) is 14.5. The van der Waals surface area contributed by atoms with Gasteiger partial charge in [-0.3, -0.25) is 0 Å². The van der Waals surface area contributed by atoms with Crippen LogP contribution >= 0.6 is 0 Å². The number of nitrogens with zero attached hydrogens (tertiary/aromatic N) is 3. The van der Waals surface area contributed by atoms with E-state index in [2.05, 4.69) is 60.0 Å². The molecule has 1 spiro atoms. The van der Waals surface area contributed by atoms with E-state index >= 15 is 0 Å². The Labute approximate surface area is 135 Å². The van der Waals surface area contributed by atoms with Crippen LogP contribution in [-0.2, 0) is 5.41 Å². The molecule has 0 amide bonds. The predicted octanol–water partition coefficient (Wildman–Crippen LogP) is 2.81. The maximum atomic E-state index is 2.67. The average Bonchev–Trinajstić information content (AvgIpc) is 2.84. The molecule has 0 unspecified atom stereocenters. The summed E-state index contributed by atoms with van der Waals surface area (Å²) in [5, 5.41) is 0. The fraction of sp³-hybridized carbons (Fsp3) is 0.684. The smallest absolute Gasteiger partial charge is 0.0405 e. The second-order valence-corrected chi connectivity index (χ2v) is 7.31. The van der Waals surface area contributed by atoms with Crippen LogP contribution in [-0.4, -0.2) is 63.2 Å². The van der Waals surface area contributed by atoms with Gasteiger partial charge in [-0.2, -0.15) is 0 Å². The lowest BCUT2D eigenvalue weighted by Gasteiger charge is -2.40. The molecule has 0 aliphatic carbocycles. The second kappa shape index (κ2) is 6.59. The van der Waals surface area contributed by atoms with Gasteiger partial charge in [-0.25, -0.2) is 0 Å². The highest BCUT2D eigenvalue weighted by molar-refractivity contribution is 5.62. The highest BCUT2D eigenvalue weighted by Crippen LogP contribution is 2.46. The van der Waals surface area contributed by atoms with Crippen molar-refractivity contribution in [2.75, 3.05) is 58.3 Å². The van der Waals surface area contributed by atoms with Gasteiger partial charge in [0.2, 0.25) is 0 Å². The van der Waals surface area contributed by atoms with Crippen LogP contribution in [0.1, 0.15) is 31.7 Å². The van der Waals surface area contributed by atoms with E-state index in [0.717, 1.165) is 6.54 Å². The number of para-hydroxylation sites is 1. The molecule has 0 atom stereocenters. The van der Waals surface area contributed by atoms with E-state index in [-0.39, 0.29) is 0 Å². The van der Waals surface area contributed by atoms with Crippen LogP contribution in [0.5, 0.6) is 0 Å². The molecule has 2 heterocycles. The van der Waals surface area contributed by atoms with Crippen molar-refractivity contribution in [2.24, 2.45) is 0 Å². The summed E-state index contributed by atoms with van der Waals surface area (Å²) >= 11 is 0. The molecule has 1 aromatic carbocycles. The topological polar surface area (TPSA) is 9.72 Å². The molecule has 1 saturated heterocycles. The van der Waals surface area contributed by atoms with Crippen molar-refractivity contribution < 1.29 is 0 Å². The zero-order valence-corrected chi connectivity index (χ0v) is 14.5. The summed E-state index contributed by atoms with van der Waals surface area (Å²) in [5.41, 5.74) is 3.53. The highest BCUT2D eigenvalue weighted by atomic mass is 15.2. The first-order chi connectivity index (χ1) is 10.6. The van der Waals surface area contributed by atoms with Crippen molar-refractivity contribution in [1.29, 1.82) is 0 Å². The molecule has 22 heavy (non-hydrogen) atoms. The van der Waals surface area contributed by atoms with Crippen molar-refractivity contribution in [3.63, 3.8) is 0 Å². The first kappa shape index (κ1) is 15.8. The summed E-state index contributed by atoms with van der Waals surface area (Å²) < 4.78 is 0. The Kier molecular flexibility index (Phi) is 4.74. The van der Waals surface area contributed by atoms with E-state index in [1.165, 1.54) is 57.7 Å². The van der Waals surface area contributed by atoms with Crippen molar-refractivity contribution in [1.82, 2.24) is 9.80 Å². The lowest BCUT2D eigenvalue weighted by Crippen LogP contribution is -2.45. The third kappa shape index (κ3) is 3.02. The average molecular weight is 301 g/mol. The number of fused-ring (bicyclic) bond motifs is 2. The summed E-state index contributed by atoms with van der Waals surface area (Å²) in [5.74, 6) is 0. The van der Waals surface area contributed by atoms with Gasteiger partial charge >= 0.3 is 0 Å². The molecule has 0 N–H and O–H groups in total. The second-order valence-electron chi connectivity index (χ2n) is 7.31. The Balaban J connectivity index is 1.63. The van der Waals surface area contributed by atoms with Gasteiger partial charge in [0, 0.05) is 24.2 Å². The van der Waals surface area contributed by atoms with Crippen molar-refractivity contribution in [2.45, 2.75) is 31.6 Å². The lowest BCUT2D eigenvalue weighted by molar-refractivity contribution is 0.161. The third-order valence-electron chi connectivity index (χ3n) is 5.58. The molecule has 3 rings (SSSR count). The van der Waals surface area contributed by atoms with E-state index in [0.29, 0.717) is 5.41 Å². The Morgan fingerprint density at radius 2 is 1.86 bits per heavy atom. The molecule has 0 saturated carbocycles. The quantitative estimate of drug-likeness (QED) is 0.828. The largest absolute Gasteiger partial charge is 0.371 e. The fourth-order valence-corrected chi connectivity index (χ4v) is 4.26. The molecular formula is C19H31N3. The summed E-state index contributed by atoms with van der Waals surface area (Å²) in [6.07, 6.45) is 3.93. The van der Waals surface area contributed by atoms with Gasteiger partial charge in [0.1, 0.15) is 0 Å². The Bertz CT molecular complexity index is 489. The number of hydrogen-bond acceptors (Lipinski definition) is 3. The van der Waals surface area contributed by atoms with Gasteiger partial charge in [-0.05, 0) is 78.1 Å². The van der Waals surface area contributed by atoms with Crippen molar-refractivity contribution in [3.05, 3.63) is 29.8 Å². The zero-order chi connectivity index (χ0) is 15.6. The molecule has 2 aliphatic heterocycles. The first-order valence-corrected chi connectivity index (χ1v) is 8.86. The molecule has 0 radical (unpaired) electrons. The van der Waals surface area contributed by atoms with Crippen molar-refractivity contribution in [3.8, 4) is 0 Å². The number of hydrogen-bond donors (Lipinski definition) is 0. The monoisotopic (exact) mass is 301 g/mol. The van der Waals surface area contributed by atoms with E-state index in [1.807, 2.05) is 0 Å². The molecule has 3 heteroatoms. The summed E-state index contributed by atoms with van der Waals surface area (Å²) in [6.45, 7) is 9.63.